The Hall–Kier alpha value is -2.21. The molecule has 2 rings (SSSR count). The van der Waals surface area contributed by atoms with Gasteiger partial charge in [-0.2, -0.15) is 0 Å². The van der Waals surface area contributed by atoms with Crippen molar-refractivity contribution >= 4 is 27.6 Å². The molecule has 5 nitrogen and oxygen atoms in total. The molecule has 0 unspecified atom stereocenters. The lowest BCUT2D eigenvalue weighted by Gasteiger charge is -2.07. The highest BCUT2D eigenvalue weighted by Gasteiger charge is 2.17. The van der Waals surface area contributed by atoms with E-state index in [4.69, 9.17) is 4.74 Å². The minimum Gasteiger partial charge on any atom is -0.422 e. The van der Waals surface area contributed by atoms with Gasteiger partial charge in [0.1, 0.15) is 5.75 Å². The van der Waals surface area contributed by atoms with Gasteiger partial charge in [-0.3, -0.25) is 10.1 Å². The van der Waals surface area contributed by atoms with E-state index in [1.54, 1.807) is 13.0 Å². The van der Waals surface area contributed by atoms with Crippen molar-refractivity contribution in [2.75, 3.05) is 0 Å². The van der Waals surface area contributed by atoms with Gasteiger partial charge in [0.15, 0.2) is 0 Å². The molecule has 0 bridgehead atoms. The number of rotatable bonds is 3. The number of nitro benzene ring substituents is 1. The first kappa shape index (κ1) is 15.2. The zero-order valence-corrected chi connectivity index (χ0v) is 13.0. The molecule has 0 amide bonds. The van der Waals surface area contributed by atoms with Crippen molar-refractivity contribution in [2.24, 2.45) is 0 Å². The lowest BCUT2D eigenvalue weighted by Crippen LogP contribution is -2.09. The lowest BCUT2D eigenvalue weighted by molar-refractivity contribution is -0.385. The number of carbonyl (C=O) groups excluding carboxylic acids is 1. The third-order valence-corrected chi connectivity index (χ3v) is 3.55. The molecule has 0 radical (unpaired) electrons. The van der Waals surface area contributed by atoms with E-state index >= 15 is 0 Å². The molecule has 0 aromatic heterocycles. The Morgan fingerprint density at radius 3 is 2.52 bits per heavy atom. The SMILES string of the molecule is Cc1ccc(OC(=O)c2ccc(C)c([N+](=O)[O-])c2)c(Br)c1. The number of benzene rings is 2. The molecule has 6 heteroatoms. The fourth-order valence-electron chi connectivity index (χ4n) is 1.78. The average Bonchev–Trinajstić information content (AvgIpc) is 2.42. The quantitative estimate of drug-likeness (QED) is 0.360. The molecule has 2 aromatic carbocycles. The minimum absolute atomic E-state index is 0.104. The Kier molecular flexibility index (Phi) is 4.37. The van der Waals surface area contributed by atoms with Crippen molar-refractivity contribution in [3.05, 3.63) is 67.7 Å². The predicted octanol–water partition coefficient (Wildman–Crippen LogP) is 4.19. The predicted molar refractivity (Wildman–Crippen MR) is 81.7 cm³/mol. The Bertz CT molecular complexity index is 728. The second kappa shape index (κ2) is 6.05. The summed E-state index contributed by atoms with van der Waals surface area (Å²) < 4.78 is 5.90. The summed E-state index contributed by atoms with van der Waals surface area (Å²) >= 11 is 3.31. The highest BCUT2D eigenvalue weighted by molar-refractivity contribution is 9.10. The van der Waals surface area contributed by atoms with Gasteiger partial charge in [-0.25, -0.2) is 4.79 Å². The van der Waals surface area contributed by atoms with Crippen LogP contribution in [0.5, 0.6) is 5.75 Å². The smallest absolute Gasteiger partial charge is 0.343 e. The fraction of sp³-hybridized carbons (Fsp3) is 0.133. The van der Waals surface area contributed by atoms with Crippen LogP contribution < -0.4 is 4.74 Å². The zero-order chi connectivity index (χ0) is 15.6. The molecule has 0 aliphatic heterocycles. The molecule has 2 aromatic rings. The first-order valence-corrected chi connectivity index (χ1v) is 6.91. The minimum atomic E-state index is -0.636. The summed E-state index contributed by atoms with van der Waals surface area (Å²) in [6.07, 6.45) is 0. The number of nitro groups is 1. The van der Waals surface area contributed by atoms with Gasteiger partial charge in [0.25, 0.3) is 5.69 Å². The van der Waals surface area contributed by atoms with E-state index in [9.17, 15) is 14.9 Å². The summed E-state index contributed by atoms with van der Waals surface area (Å²) in [6, 6.07) is 9.55. The number of hydrogen-bond donors (Lipinski definition) is 0. The van der Waals surface area contributed by atoms with Gasteiger partial charge in [-0.1, -0.05) is 12.1 Å². The normalized spacial score (nSPS) is 10.2. The van der Waals surface area contributed by atoms with Crippen molar-refractivity contribution in [1.29, 1.82) is 0 Å². The first-order valence-electron chi connectivity index (χ1n) is 6.12. The van der Waals surface area contributed by atoms with E-state index in [0.717, 1.165) is 5.56 Å². The van der Waals surface area contributed by atoms with Crippen LogP contribution in [0.15, 0.2) is 40.9 Å². The number of carbonyl (C=O) groups is 1. The number of ether oxygens (including phenoxy) is 1. The summed E-state index contributed by atoms with van der Waals surface area (Å²) in [5.41, 5.74) is 1.55. The van der Waals surface area contributed by atoms with Crippen LogP contribution in [0, 0.1) is 24.0 Å². The van der Waals surface area contributed by atoms with Crippen molar-refractivity contribution in [2.45, 2.75) is 13.8 Å². The number of esters is 1. The van der Waals surface area contributed by atoms with Gasteiger partial charge in [-0.15, -0.1) is 0 Å². The molecule has 0 saturated carbocycles. The zero-order valence-electron chi connectivity index (χ0n) is 11.4. The molecule has 108 valence electrons. The third-order valence-electron chi connectivity index (χ3n) is 2.93. The largest absolute Gasteiger partial charge is 0.422 e. The van der Waals surface area contributed by atoms with Crippen LogP contribution in [-0.2, 0) is 0 Å². The Morgan fingerprint density at radius 1 is 1.19 bits per heavy atom. The summed E-state index contributed by atoms with van der Waals surface area (Å²) in [4.78, 5) is 22.4. The highest BCUT2D eigenvalue weighted by atomic mass is 79.9. The van der Waals surface area contributed by atoms with Gasteiger partial charge in [0, 0.05) is 11.6 Å². The Morgan fingerprint density at radius 2 is 1.90 bits per heavy atom. The molecular weight excluding hydrogens is 338 g/mol. The lowest BCUT2D eigenvalue weighted by atomic mass is 10.1. The van der Waals surface area contributed by atoms with Gasteiger partial charge < -0.3 is 4.74 Å². The average molecular weight is 350 g/mol. The van der Waals surface area contributed by atoms with Gasteiger partial charge >= 0.3 is 5.97 Å². The van der Waals surface area contributed by atoms with Crippen molar-refractivity contribution in [3.8, 4) is 5.75 Å². The molecule has 0 aliphatic carbocycles. The molecule has 0 fully saturated rings. The van der Waals surface area contributed by atoms with Crippen LogP contribution in [0.4, 0.5) is 5.69 Å². The monoisotopic (exact) mass is 349 g/mol. The standard InChI is InChI=1S/C15H12BrNO4/c1-9-3-6-14(12(16)7-9)21-15(18)11-5-4-10(2)13(8-11)17(19)20/h3-8H,1-2H3. The molecule has 0 atom stereocenters. The third kappa shape index (κ3) is 3.46. The first-order chi connectivity index (χ1) is 9.88. The summed E-state index contributed by atoms with van der Waals surface area (Å²) in [6.45, 7) is 3.53. The van der Waals surface area contributed by atoms with Crippen molar-refractivity contribution in [3.63, 3.8) is 0 Å². The van der Waals surface area contributed by atoms with Crippen molar-refractivity contribution in [1.82, 2.24) is 0 Å². The maximum atomic E-state index is 12.1. The van der Waals surface area contributed by atoms with E-state index in [1.807, 2.05) is 19.1 Å². The van der Waals surface area contributed by atoms with Crippen LogP contribution in [-0.4, -0.2) is 10.9 Å². The second-order valence-corrected chi connectivity index (χ2v) is 5.44. The number of nitrogens with zero attached hydrogens (tertiary/aromatic N) is 1. The summed E-state index contributed by atoms with van der Waals surface area (Å²) in [5, 5.41) is 10.9. The van der Waals surface area contributed by atoms with Gasteiger partial charge in [0.2, 0.25) is 0 Å². The second-order valence-electron chi connectivity index (χ2n) is 4.58. The van der Waals surface area contributed by atoms with Gasteiger partial charge in [0.05, 0.1) is 15.0 Å². The van der Waals surface area contributed by atoms with E-state index in [1.165, 1.54) is 18.2 Å². The van der Waals surface area contributed by atoms with E-state index in [-0.39, 0.29) is 11.3 Å². The fourth-order valence-corrected chi connectivity index (χ4v) is 2.35. The molecule has 21 heavy (non-hydrogen) atoms. The molecule has 0 heterocycles. The van der Waals surface area contributed by atoms with Crippen LogP contribution in [0.1, 0.15) is 21.5 Å². The Balaban J connectivity index is 2.28. The molecule has 0 aliphatic rings. The number of hydrogen-bond acceptors (Lipinski definition) is 4. The summed E-state index contributed by atoms with van der Waals surface area (Å²) in [5.74, 6) is -0.267. The van der Waals surface area contributed by atoms with E-state index in [2.05, 4.69) is 15.9 Å². The maximum absolute atomic E-state index is 12.1. The molecule has 0 N–H and O–H groups in total. The van der Waals surface area contributed by atoms with Crippen molar-refractivity contribution < 1.29 is 14.5 Å². The van der Waals surface area contributed by atoms with Crippen LogP contribution >= 0.6 is 15.9 Å². The summed E-state index contributed by atoms with van der Waals surface area (Å²) in [7, 11) is 0. The maximum Gasteiger partial charge on any atom is 0.343 e. The highest BCUT2D eigenvalue weighted by Crippen LogP contribution is 2.27. The van der Waals surface area contributed by atoms with E-state index < -0.39 is 10.9 Å². The van der Waals surface area contributed by atoms with Crippen LogP contribution in [0.2, 0.25) is 0 Å². The van der Waals surface area contributed by atoms with E-state index in [0.29, 0.717) is 15.8 Å². The molecule has 0 saturated heterocycles. The molecule has 0 spiro atoms. The molecular formula is C15H12BrNO4. The van der Waals surface area contributed by atoms with Crippen LogP contribution in [0.25, 0.3) is 0 Å². The van der Waals surface area contributed by atoms with Gasteiger partial charge in [-0.05, 0) is 53.5 Å². The Labute approximate surface area is 129 Å². The number of halogens is 1. The topological polar surface area (TPSA) is 69.4 Å². The number of aryl methyl sites for hydroxylation is 2. The van der Waals surface area contributed by atoms with Crippen LogP contribution in [0.3, 0.4) is 0 Å².